The molecule has 2 heterocycles. The molecule has 0 atom stereocenters. The Balaban J connectivity index is 1.56. The zero-order valence-corrected chi connectivity index (χ0v) is 16.3. The predicted octanol–water partition coefficient (Wildman–Crippen LogP) is 6.85. The lowest BCUT2D eigenvalue weighted by Gasteiger charge is -2.08. The summed E-state index contributed by atoms with van der Waals surface area (Å²) in [6, 6.07) is 16.8. The highest BCUT2D eigenvalue weighted by Gasteiger charge is 2.05. The van der Waals surface area contributed by atoms with Gasteiger partial charge >= 0.3 is 0 Å². The summed E-state index contributed by atoms with van der Waals surface area (Å²) in [7, 11) is 0. The van der Waals surface area contributed by atoms with Crippen LogP contribution < -0.4 is 0 Å². The molecule has 130 valence electrons. The fraction of sp³-hybridized carbons (Fsp3) is 0.182. The van der Waals surface area contributed by atoms with Crippen LogP contribution in [0.1, 0.15) is 30.9 Å². The molecule has 0 aliphatic heterocycles. The summed E-state index contributed by atoms with van der Waals surface area (Å²) in [6.07, 6.45) is 3.90. The minimum absolute atomic E-state index is 0.488. The summed E-state index contributed by atoms with van der Waals surface area (Å²) < 4.78 is 0. The van der Waals surface area contributed by atoms with E-state index in [4.69, 9.17) is 11.6 Å². The van der Waals surface area contributed by atoms with Gasteiger partial charge in [-0.05, 0) is 53.4 Å². The topological polar surface area (TPSA) is 25.8 Å². The van der Waals surface area contributed by atoms with E-state index in [-0.39, 0.29) is 0 Å². The zero-order chi connectivity index (χ0) is 18.1. The van der Waals surface area contributed by atoms with Crippen LogP contribution in [0.15, 0.2) is 65.8 Å². The third-order valence-electron chi connectivity index (χ3n) is 4.46. The number of hydrogen-bond donors (Lipinski definition) is 0. The molecule has 0 fully saturated rings. The summed E-state index contributed by atoms with van der Waals surface area (Å²) in [5.74, 6) is 1.39. The highest BCUT2D eigenvalue weighted by molar-refractivity contribution is 7.98. The van der Waals surface area contributed by atoms with Gasteiger partial charge in [-0.25, -0.2) is 0 Å². The van der Waals surface area contributed by atoms with Crippen molar-refractivity contribution in [3.05, 3.63) is 77.1 Å². The highest BCUT2D eigenvalue weighted by atomic mass is 35.5. The molecule has 2 aromatic heterocycles. The van der Waals surface area contributed by atoms with Gasteiger partial charge in [0.2, 0.25) is 0 Å². The highest BCUT2D eigenvalue weighted by Crippen LogP contribution is 2.28. The molecule has 0 aliphatic carbocycles. The molecule has 0 aliphatic rings. The molecule has 0 amide bonds. The van der Waals surface area contributed by atoms with Gasteiger partial charge in [0.15, 0.2) is 0 Å². The molecular formula is C22H19ClN2S. The van der Waals surface area contributed by atoms with Crippen molar-refractivity contribution in [2.45, 2.75) is 30.4 Å². The Kier molecular flexibility index (Phi) is 4.84. The van der Waals surface area contributed by atoms with Crippen LogP contribution in [0.2, 0.25) is 5.02 Å². The maximum Gasteiger partial charge on any atom is 0.0717 e. The van der Waals surface area contributed by atoms with Crippen molar-refractivity contribution in [3.63, 3.8) is 0 Å². The lowest BCUT2D eigenvalue weighted by molar-refractivity contribution is 0.862. The number of nitrogens with zero attached hydrogens (tertiary/aromatic N) is 2. The molecule has 0 unspecified atom stereocenters. The smallest absolute Gasteiger partial charge is 0.0717 e. The zero-order valence-electron chi connectivity index (χ0n) is 14.7. The predicted molar refractivity (Wildman–Crippen MR) is 112 cm³/mol. The van der Waals surface area contributed by atoms with Crippen molar-refractivity contribution in [2.75, 3.05) is 0 Å². The van der Waals surface area contributed by atoms with Crippen molar-refractivity contribution in [3.8, 4) is 0 Å². The molecule has 0 radical (unpaired) electrons. The molecular weight excluding hydrogens is 360 g/mol. The molecule has 2 aromatic carbocycles. The average molecular weight is 379 g/mol. The summed E-state index contributed by atoms with van der Waals surface area (Å²) in [5.41, 5.74) is 4.55. The van der Waals surface area contributed by atoms with Crippen LogP contribution in [0, 0.1) is 0 Å². The van der Waals surface area contributed by atoms with E-state index in [0.717, 1.165) is 32.1 Å². The number of rotatable bonds is 4. The summed E-state index contributed by atoms with van der Waals surface area (Å²) >= 11 is 7.82. The first-order valence-electron chi connectivity index (χ1n) is 8.65. The first-order chi connectivity index (χ1) is 12.6. The van der Waals surface area contributed by atoms with Gasteiger partial charge in [0, 0.05) is 38.8 Å². The van der Waals surface area contributed by atoms with E-state index in [0.29, 0.717) is 5.92 Å². The molecule has 0 spiro atoms. The lowest BCUT2D eigenvalue weighted by Crippen LogP contribution is -1.90. The molecule has 0 bridgehead atoms. The van der Waals surface area contributed by atoms with Gasteiger partial charge in [-0.1, -0.05) is 37.6 Å². The van der Waals surface area contributed by atoms with Crippen LogP contribution in [-0.2, 0) is 5.75 Å². The number of hydrogen-bond acceptors (Lipinski definition) is 3. The average Bonchev–Trinajstić information content (AvgIpc) is 2.65. The summed E-state index contributed by atoms with van der Waals surface area (Å²) in [6.45, 7) is 4.39. The standard InChI is InChI=1S/C22H19ClN2S/c1-14(2)18-8-17-7-15(3-6-21(17)24-11-18)13-26-20-9-16-4-5-19(23)10-22(16)25-12-20/h3-12,14H,13H2,1-2H3. The molecule has 26 heavy (non-hydrogen) atoms. The van der Waals surface area contributed by atoms with Crippen molar-refractivity contribution >= 4 is 45.2 Å². The quantitative estimate of drug-likeness (QED) is 0.363. The number of halogens is 1. The van der Waals surface area contributed by atoms with Crippen molar-refractivity contribution < 1.29 is 0 Å². The summed E-state index contributed by atoms with van der Waals surface area (Å²) in [5, 5.41) is 3.04. The van der Waals surface area contributed by atoms with Gasteiger partial charge in [-0.3, -0.25) is 9.97 Å². The van der Waals surface area contributed by atoms with Crippen LogP contribution in [0.3, 0.4) is 0 Å². The van der Waals surface area contributed by atoms with Crippen LogP contribution in [0.4, 0.5) is 0 Å². The van der Waals surface area contributed by atoms with Crippen molar-refractivity contribution in [2.24, 2.45) is 0 Å². The number of thioether (sulfide) groups is 1. The number of pyridine rings is 2. The van der Waals surface area contributed by atoms with Crippen LogP contribution in [0.5, 0.6) is 0 Å². The van der Waals surface area contributed by atoms with Gasteiger partial charge in [-0.15, -0.1) is 11.8 Å². The Morgan fingerprint density at radius 3 is 2.58 bits per heavy atom. The van der Waals surface area contributed by atoms with Crippen molar-refractivity contribution in [1.82, 2.24) is 9.97 Å². The second-order valence-electron chi connectivity index (χ2n) is 6.75. The Labute approximate surface area is 162 Å². The van der Waals surface area contributed by atoms with E-state index in [2.05, 4.69) is 54.1 Å². The molecule has 4 aromatic rings. The Morgan fingerprint density at radius 1 is 0.885 bits per heavy atom. The van der Waals surface area contributed by atoms with E-state index in [1.165, 1.54) is 16.5 Å². The molecule has 0 saturated carbocycles. The van der Waals surface area contributed by atoms with E-state index in [1.807, 2.05) is 30.6 Å². The van der Waals surface area contributed by atoms with Gasteiger partial charge in [0.25, 0.3) is 0 Å². The lowest BCUT2D eigenvalue weighted by atomic mass is 10.0. The van der Waals surface area contributed by atoms with E-state index in [1.54, 1.807) is 11.8 Å². The molecule has 4 heteroatoms. The SMILES string of the molecule is CC(C)c1cnc2ccc(CSc3cnc4cc(Cl)ccc4c3)cc2c1. The minimum Gasteiger partial charge on any atom is -0.256 e. The number of aromatic nitrogens is 2. The molecule has 4 rings (SSSR count). The van der Waals surface area contributed by atoms with E-state index >= 15 is 0 Å². The Morgan fingerprint density at radius 2 is 1.73 bits per heavy atom. The van der Waals surface area contributed by atoms with Gasteiger partial charge in [0.05, 0.1) is 11.0 Å². The first kappa shape index (κ1) is 17.3. The molecule has 0 N–H and O–H groups in total. The van der Waals surface area contributed by atoms with Gasteiger partial charge < -0.3 is 0 Å². The van der Waals surface area contributed by atoms with E-state index in [9.17, 15) is 0 Å². The third kappa shape index (κ3) is 3.69. The van der Waals surface area contributed by atoms with Crippen LogP contribution >= 0.6 is 23.4 Å². The molecule has 0 saturated heterocycles. The maximum absolute atomic E-state index is 6.03. The van der Waals surface area contributed by atoms with Crippen LogP contribution in [-0.4, -0.2) is 9.97 Å². The van der Waals surface area contributed by atoms with Gasteiger partial charge in [0.1, 0.15) is 0 Å². The largest absolute Gasteiger partial charge is 0.256 e. The Hall–Kier alpha value is -2.10. The number of benzene rings is 2. The normalized spacial score (nSPS) is 11.5. The maximum atomic E-state index is 6.03. The second kappa shape index (κ2) is 7.26. The second-order valence-corrected chi connectivity index (χ2v) is 8.23. The minimum atomic E-state index is 0.488. The van der Waals surface area contributed by atoms with Gasteiger partial charge in [-0.2, -0.15) is 0 Å². The van der Waals surface area contributed by atoms with Crippen LogP contribution in [0.25, 0.3) is 21.8 Å². The number of fused-ring (bicyclic) bond motifs is 2. The third-order valence-corrected chi connectivity index (χ3v) is 5.73. The monoisotopic (exact) mass is 378 g/mol. The fourth-order valence-corrected chi connectivity index (χ4v) is 3.94. The first-order valence-corrected chi connectivity index (χ1v) is 10.0. The fourth-order valence-electron chi connectivity index (χ4n) is 2.92. The van der Waals surface area contributed by atoms with E-state index < -0.39 is 0 Å². The Bertz CT molecular complexity index is 1090. The van der Waals surface area contributed by atoms with Crippen molar-refractivity contribution in [1.29, 1.82) is 0 Å². The summed E-state index contributed by atoms with van der Waals surface area (Å²) in [4.78, 5) is 10.3. The molecule has 2 nitrogen and oxygen atoms in total.